The van der Waals surface area contributed by atoms with Crippen LogP contribution in [0.25, 0.3) is 10.8 Å². The Hall–Kier alpha value is -2.36. The van der Waals surface area contributed by atoms with E-state index in [2.05, 4.69) is 60.1 Å². The molecule has 1 saturated heterocycles. The lowest BCUT2D eigenvalue weighted by atomic mass is 9.94. The standard InChI is InChI=1S/C23H29N3O/c1-4-17-8-6-9-18-10-7-11-21(22(17)18)26-13-12-19-14-20(15-26)25-23(27-5-2)24-16(19)3/h6-11,19-20H,4-5,12-15H2,1-3H3. The molecule has 2 aliphatic rings. The van der Waals surface area contributed by atoms with Crippen LogP contribution in [0, 0.1) is 5.92 Å². The number of fused-ring (bicyclic) bond motifs is 3. The van der Waals surface area contributed by atoms with Crippen LogP contribution in [0.1, 0.15) is 39.2 Å². The van der Waals surface area contributed by atoms with Crippen molar-refractivity contribution in [2.75, 3.05) is 24.6 Å². The SMILES string of the molecule is CCOC1=NC2CC(CCN(c3cccc4cccc(CC)c34)C2)C(C)=N1. The molecule has 2 aromatic carbocycles. The zero-order chi connectivity index (χ0) is 18.8. The van der Waals surface area contributed by atoms with Gasteiger partial charge >= 0.3 is 6.02 Å². The first kappa shape index (κ1) is 18.0. The van der Waals surface area contributed by atoms with E-state index in [0.29, 0.717) is 18.5 Å². The predicted molar refractivity (Wildman–Crippen MR) is 114 cm³/mol. The number of benzene rings is 2. The molecular formula is C23H29N3O. The summed E-state index contributed by atoms with van der Waals surface area (Å²) in [5.41, 5.74) is 3.93. The molecule has 2 heterocycles. The van der Waals surface area contributed by atoms with E-state index >= 15 is 0 Å². The second-order valence-electron chi connectivity index (χ2n) is 7.56. The van der Waals surface area contributed by atoms with Gasteiger partial charge in [0, 0.05) is 35.8 Å². The van der Waals surface area contributed by atoms with Gasteiger partial charge in [-0.2, -0.15) is 0 Å². The molecule has 1 fully saturated rings. The van der Waals surface area contributed by atoms with Gasteiger partial charge in [0.15, 0.2) is 0 Å². The highest BCUT2D eigenvalue weighted by Gasteiger charge is 2.29. The number of anilines is 1. The third kappa shape index (κ3) is 3.58. The van der Waals surface area contributed by atoms with Crippen molar-refractivity contribution in [2.45, 2.75) is 46.1 Å². The maximum atomic E-state index is 5.67. The van der Waals surface area contributed by atoms with Crippen molar-refractivity contribution in [3.8, 4) is 0 Å². The Kier molecular flexibility index (Phi) is 5.15. The molecular weight excluding hydrogens is 334 g/mol. The van der Waals surface area contributed by atoms with E-state index in [4.69, 9.17) is 9.73 Å². The number of rotatable bonds is 3. The molecule has 0 N–H and O–H groups in total. The maximum absolute atomic E-state index is 5.67. The zero-order valence-corrected chi connectivity index (χ0v) is 16.6. The number of hydrogen-bond acceptors (Lipinski definition) is 4. The van der Waals surface area contributed by atoms with Gasteiger partial charge in [-0.1, -0.05) is 37.3 Å². The molecule has 0 spiro atoms. The fraction of sp³-hybridized carbons (Fsp3) is 0.478. The Morgan fingerprint density at radius 3 is 2.74 bits per heavy atom. The highest BCUT2D eigenvalue weighted by atomic mass is 16.5. The van der Waals surface area contributed by atoms with Crippen molar-refractivity contribution in [1.82, 2.24) is 0 Å². The van der Waals surface area contributed by atoms with Gasteiger partial charge in [-0.05, 0) is 50.1 Å². The van der Waals surface area contributed by atoms with Crippen molar-refractivity contribution in [3.63, 3.8) is 0 Å². The molecule has 142 valence electrons. The van der Waals surface area contributed by atoms with Gasteiger partial charge in [0.1, 0.15) is 0 Å². The van der Waals surface area contributed by atoms with Crippen LogP contribution in [-0.4, -0.2) is 37.5 Å². The fourth-order valence-corrected chi connectivity index (χ4v) is 4.45. The molecule has 4 rings (SSSR count). The minimum Gasteiger partial charge on any atom is -0.464 e. The first-order chi connectivity index (χ1) is 13.2. The average molecular weight is 364 g/mol. The molecule has 2 bridgehead atoms. The van der Waals surface area contributed by atoms with E-state index in [1.807, 2.05) is 6.92 Å². The molecule has 2 aliphatic heterocycles. The Morgan fingerprint density at radius 2 is 1.96 bits per heavy atom. The van der Waals surface area contributed by atoms with Gasteiger partial charge in [-0.15, -0.1) is 0 Å². The molecule has 2 aromatic rings. The molecule has 0 amide bonds. The number of amidine groups is 1. The summed E-state index contributed by atoms with van der Waals surface area (Å²) < 4.78 is 5.67. The predicted octanol–water partition coefficient (Wildman–Crippen LogP) is 4.85. The van der Waals surface area contributed by atoms with Crippen molar-refractivity contribution >= 4 is 28.2 Å². The van der Waals surface area contributed by atoms with E-state index in [-0.39, 0.29) is 6.04 Å². The monoisotopic (exact) mass is 363 g/mol. The third-order valence-corrected chi connectivity index (χ3v) is 5.86. The molecule has 0 aromatic heterocycles. The molecule has 2 unspecified atom stereocenters. The van der Waals surface area contributed by atoms with Gasteiger partial charge in [0.25, 0.3) is 0 Å². The van der Waals surface area contributed by atoms with E-state index in [0.717, 1.165) is 32.4 Å². The fourth-order valence-electron chi connectivity index (χ4n) is 4.45. The van der Waals surface area contributed by atoms with Crippen LogP contribution in [0.2, 0.25) is 0 Å². The molecule has 0 saturated carbocycles. The summed E-state index contributed by atoms with van der Waals surface area (Å²) in [6.07, 6.45) is 3.23. The second kappa shape index (κ2) is 7.71. The van der Waals surface area contributed by atoms with Crippen molar-refractivity contribution < 1.29 is 4.74 Å². The summed E-state index contributed by atoms with van der Waals surface area (Å²) >= 11 is 0. The Labute approximate surface area is 162 Å². The quantitative estimate of drug-likeness (QED) is 0.781. The van der Waals surface area contributed by atoms with Gasteiger partial charge in [-0.3, -0.25) is 0 Å². The molecule has 4 heteroatoms. The topological polar surface area (TPSA) is 37.2 Å². The molecule has 2 atom stereocenters. The normalized spacial score (nSPS) is 22.7. The number of hydrogen-bond donors (Lipinski definition) is 0. The van der Waals surface area contributed by atoms with Crippen LogP contribution >= 0.6 is 0 Å². The van der Waals surface area contributed by atoms with Crippen LogP contribution in [-0.2, 0) is 11.2 Å². The van der Waals surface area contributed by atoms with Crippen LogP contribution in [0.3, 0.4) is 0 Å². The summed E-state index contributed by atoms with van der Waals surface area (Å²) in [4.78, 5) is 12.1. The van der Waals surface area contributed by atoms with Crippen LogP contribution in [0.4, 0.5) is 5.69 Å². The largest absolute Gasteiger partial charge is 0.464 e. The Balaban J connectivity index is 1.73. The van der Waals surface area contributed by atoms with Crippen LogP contribution in [0.5, 0.6) is 0 Å². The summed E-state index contributed by atoms with van der Waals surface area (Å²) in [5, 5.41) is 2.73. The maximum Gasteiger partial charge on any atom is 0.311 e. The summed E-state index contributed by atoms with van der Waals surface area (Å²) in [6, 6.07) is 14.1. The third-order valence-electron chi connectivity index (χ3n) is 5.86. The first-order valence-corrected chi connectivity index (χ1v) is 10.2. The summed E-state index contributed by atoms with van der Waals surface area (Å²) in [6.45, 7) is 8.94. The lowest BCUT2D eigenvalue weighted by Gasteiger charge is -2.27. The molecule has 4 nitrogen and oxygen atoms in total. The lowest BCUT2D eigenvalue weighted by molar-refractivity contribution is 0.319. The van der Waals surface area contributed by atoms with Crippen LogP contribution in [0.15, 0.2) is 46.4 Å². The molecule has 0 radical (unpaired) electrons. The number of ether oxygens (including phenoxy) is 1. The minimum atomic E-state index is 0.226. The second-order valence-corrected chi connectivity index (χ2v) is 7.56. The molecule has 27 heavy (non-hydrogen) atoms. The van der Waals surface area contributed by atoms with Gasteiger partial charge in [-0.25, -0.2) is 9.98 Å². The number of aliphatic imine (C=N–C) groups is 2. The number of aryl methyl sites for hydroxylation is 1. The highest BCUT2D eigenvalue weighted by molar-refractivity contribution is 5.98. The Bertz CT molecular complexity index is 881. The summed E-state index contributed by atoms with van der Waals surface area (Å²) in [5.74, 6) is 0.488. The van der Waals surface area contributed by atoms with E-state index in [1.165, 1.54) is 27.7 Å². The van der Waals surface area contributed by atoms with E-state index in [9.17, 15) is 0 Å². The van der Waals surface area contributed by atoms with Crippen LogP contribution < -0.4 is 4.90 Å². The van der Waals surface area contributed by atoms with E-state index in [1.54, 1.807) is 0 Å². The lowest BCUT2D eigenvalue weighted by Crippen LogP contribution is -2.31. The summed E-state index contributed by atoms with van der Waals surface area (Å²) in [7, 11) is 0. The van der Waals surface area contributed by atoms with Gasteiger partial charge in [0.2, 0.25) is 0 Å². The zero-order valence-electron chi connectivity index (χ0n) is 16.6. The van der Waals surface area contributed by atoms with Crippen molar-refractivity contribution in [3.05, 3.63) is 42.0 Å². The van der Waals surface area contributed by atoms with Crippen molar-refractivity contribution in [2.24, 2.45) is 15.9 Å². The Morgan fingerprint density at radius 1 is 1.15 bits per heavy atom. The smallest absolute Gasteiger partial charge is 0.311 e. The molecule has 0 aliphatic carbocycles. The van der Waals surface area contributed by atoms with Gasteiger partial charge < -0.3 is 9.64 Å². The van der Waals surface area contributed by atoms with E-state index < -0.39 is 0 Å². The first-order valence-electron chi connectivity index (χ1n) is 10.2. The number of nitrogens with zero attached hydrogens (tertiary/aromatic N) is 3. The van der Waals surface area contributed by atoms with Crippen molar-refractivity contribution in [1.29, 1.82) is 0 Å². The van der Waals surface area contributed by atoms with Gasteiger partial charge in [0.05, 0.1) is 12.6 Å². The minimum absolute atomic E-state index is 0.226. The average Bonchev–Trinajstić information content (AvgIpc) is 2.97. The highest BCUT2D eigenvalue weighted by Crippen LogP contribution is 2.34.